The van der Waals surface area contributed by atoms with Gasteiger partial charge in [0.1, 0.15) is 0 Å². The average Bonchev–Trinajstić information content (AvgIpc) is 2.59. The molecule has 0 bridgehead atoms. The minimum Gasteiger partial charge on any atom is -0.466 e. The van der Waals surface area contributed by atoms with Crippen LogP contribution in [0, 0.1) is 0 Å². The standard InChI is InChI=1S/C17H16N2O3/c1-22-16(20)10-7-13-5-8-14(9-6-13)17(21)19-12-15-4-2-3-11-18-15/h2-11H,12H2,1H3,(H,19,21). The minimum atomic E-state index is -0.419. The fourth-order valence-electron chi connectivity index (χ4n) is 1.75. The van der Waals surface area contributed by atoms with Crippen molar-refractivity contribution >= 4 is 18.0 Å². The van der Waals surface area contributed by atoms with E-state index in [0.717, 1.165) is 11.3 Å². The van der Waals surface area contributed by atoms with Gasteiger partial charge in [-0.25, -0.2) is 4.79 Å². The van der Waals surface area contributed by atoms with E-state index >= 15 is 0 Å². The molecule has 0 aliphatic heterocycles. The van der Waals surface area contributed by atoms with Crippen LogP contribution < -0.4 is 5.32 Å². The van der Waals surface area contributed by atoms with E-state index in [1.165, 1.54) is 13.2 Å². The summed E-state index contributed by atoms with van der Waals surface area (Å²) in [5.74, 6) is -0.591. The number of aromatic nitrogens is 1. The van der Waals surface area contributed by atoms with Crippen LogP contribution in [0.3, 0.4) is 0 Å². The van der Waals surface area contributed by atoms with E-state index in [0.29, 0.717) is 12.1 Å². The van der Waals surface area contributed by atoms with Gasteiger partial charge in [0.15, 0.2) is 0 Å². The summed E-state index contributed by atoms with van der Waals surface area (Å²) in [6.07, 6.45) is 4.64. The van der Waals surface area contributed by atoms with Crippen LogP contribution in [-0.4, -0.2) is 24.0 Å². The van der Waals surface area contributed by atoms with Crippen LogP contribution in [0.4, 0.5) is 0 Å². The van der Waals surface area contributed by atoms with Crippen LogP contribution in [0.15, 0.2) is 54.7 Å². The van der Waals surface area contributed by atoms with Gasteiger partial charge in [-0.3, -0.25) is 9.78 Å². The second-order valence-corrected chi connectivity index (χ2v) is 4.48. The lowest BCUT2D eigenvalue weighted by molar-refractivity contribution is -0.134. The first kappa shape index (κ1) is 15.4. The van der Waals surface area contributed by atoms with Gasteiger partial charge in [-0.05, 0) is 35.9 Å². The highest BCUT2D eigenvalue weighted by atomic mass is 16.5. The minimum absolute atomic E-state index is 0.172. The van der Waals surface area contributed by atoms with Crippen LogP contribution in [-0.2, 0) is 16.1 Å². The van der Waals surface area contributed by atoms with E-state index in [1.807, 2.05) is 18.2 Å². The van der Waals surface area contributed by atoms with Gasteiger partial charge < -0.3 is 10.1 Å². The number of benzene rings is 1. The molecule has 0 saturated heterocycles. The first-order valence-electron chi connectivity index (χ1n) is 6.73. The normalized spacial score (nSPS) is 10.4. The summed E-state index contributed by atoms with van der Waals surface area (Å²) in [6, 6.07) is 12.5. The SMILES string of the molecule is COC(=O)C=Cc1ccc(C(=O)NCc2ccccn2)cc1. The lowest BCUT2D eigenvalue weighted by atomic mass is 10.1. The van der Waals surface area contributed by atoms with Gasteiger partial charge in [0.2, 0.25) is 0 Å². The Morgan fingerprint density at radius 3 is 2.59 bits per heavy atom. The summed E-state index contributed by atoms with van der Waals surface area (Å²) in [4.78, 5) is 27.2. The Hall–Kier alpha value is -2.95. The topological polar surface area (TPSA) is 68.3 Å². The Morgan fingerprint density at radius 1 is 1.18 bits per heavy atom. The zero-order valence-corrected chi connectivity index (χ0v) is 12.2. The molecule has 0 aliphatic carbocycles. The molecule has 22 heavy (non-hydrogen) atoms. The number of methoxy groups -OCH3 is 1. The Morgan fingerprint density at radius 2 is 1.95 bits per heavy atom. The number of nitrogens with zero attached hydrogens (tertiary/aromatic N) is 1. The molecule has 1 amide bonds. The molecule has 1 N–H and O–H groups in total. The molecule has 5 heteroatoms. The number of rotatable bonds is 5. The van der Waals surface area contributed by atoms with Crippen molar-refractivity contribution in [2.24, 2.45) is 0 Å². The molecule has 0 fully saturated rings. The number of pyridine rings is 1. The second kappa shape index (κ2) is 7.73. The van der Waals surface area contributed by atoms with E-state index < -0.39 is 5.97 Å². The predicted molar refractivity (Wildman–Crippen MR) is 82.9 cm³/mol. The van der Waals surface area contributed by atoms with E-state index in [9.17, 15) is 9.59 Å². The summed E-state index contributed by atoms with van der Waals surface area (Å²) in [7, 11) is 1.32. The molecular formula is C17H16N2O3. The Labute approximate surface area is 128 Å². The zero-order valence-electron chi connectivity index (χ0n) is 12.2. The lowest BCUT2D eigenvalue weighted by Gasteiger charge is -2.05. The van der Waals surface area contributed by atoms with Gasteiger partial charge in [0.25, 0.3) is 5.91 Å². The Bertz CT molecular complexity index is 664. The van der Waals surface area contributed by atoms with Gasteiger partial charge in [-0.15, -0.1) is 0 Å². The van der Waals surface area contributed by atoms with Gasteiger partial charge in [-0.1, -0.05) is 18.2 Å². The Balaban J connectivity index is 1.93. The smallest absolute Gasteiger partial charge is 0.330 e. The number of hydrogen-bond acceptors (Lipinski definition) is 4. The highest BCUT2D eigenvalue weighted by Crippen LogP contribution is 2.07. The molecule has 0 saturated carbocycles. The number of amides is 1. The second-order valence-electron chi connectivity index (χ2n) is 4.48. The lowest BCUT2D eigenvalue weighted by Crippen LogP contribution is -2.23. The molecule has 0 spiro atoms. The van der Waals surface area contributed by atoms with E-state index in [1.54, 1.807) is 36.5 Å². The monoisotopic (exact) mass is 296 g/mol. The summed E-state index contributed by atoms with van der Waals surface area (Å²) in [5, 5.41) is 2.80. The van der Waals surface area contributed by atoms with Crippen LogP contribution in [0.1, 0.15) is 21.6 Å². The van der Waals surface area contributed by atoms with Gasteiger partial charge in [-0.2, -0.15) is 0 Å². The average molecular weight is 296 g/mol. The summed E-state index contributed by atoms with van der Waals surface area (Å²) in [5.41, 5.74) is 2.16. The molecular weight excluding hydrogens is 280 g/mol. The molecule has 5 nitrogen and oxygen atoms in total. The third-order valence-electron chi connectivity index (χ3n) is 2.94. The summed E-state index contributed by atoms with van der Waals surface area (Å²) in [6.45, 7) is 0.379. The van der Waals surface area contributed by atoms with Crippen molar-refractivity contribution in [3.63, 3.8) is 0 Å². The van der Waals surface area contributed by atoms with Crippen molar-refractivity contribution in [3.05, 3.63) is 71.6 Å². The van der Waals surface area contributed by atoms with Crippen LogP contribution in [0.5, 0.6) is 0 Å². The quantitative estimate of drug-likeness (QED) is 0.678. The highest BCUT2D eigenvalue weighted by molar-refractivity contribution is 5.94. The molecule has 0 radical (unpaired) electrons. The first-order valence-corrected chi connectivity index (χ1v) is 6.73. The molecule has 2 rings (SSSR count). The molecule has 112 valence electrons. The molecule has 0 atom stereocenters. The largest absolute Gasteiger partial charge is 0.466 e. The number of ether oxygens (including phenoxy) is 1. The molecule has 1 aromatic heterocycles. The zero-order chi connectivity index (χ0) is 15.8. The van der Waals surface area contributed by atoms with Crippen molar-refractivity contribution in [1.82, 2.24) is 10.3 Å². The maximum absolute atomic E-state index is 12.0. The fourth-order valence-corrected chi connectivity index (χ4v) is 1.75. The van der Waals surface area contributed by atoms with E-state index in [2.05, 4.69) is 15.0 Å². The van der Waals surface area contributed by atoms with Gasteiger partial charge >= 0.3 is 5.97 Å². The van der Waals surface area contributed by atoms with Gasteiger partial charge in [0, 0.05) is 17.8 Å². The van der Waals surface area contributed by atoms with Crippen molar-refractivity contribution in [1.29, 1.82) is 0 Å². The number of carbonyl (C=O) groups is 2. The fraction of sp³-hybridized carbons (Fsp3) is 0.118. The van der Waals surface area contributed by atoms with Gasteiger partial charge in [0.05, 0.1) is 19.3 Å². The number of nitrogens with one attached hydrogen (secondary N) is 1. The number of carbonyl (C=O) groups excluding carboxylic acids is 2. The predicted octanol–water partition coefficient (Wildman–Crippen LogP) is 2.20. The van der Waals surface area contributed by atoms with Crippen molar-refractivity contribution < 1.29 is 14.3 Å². The number of esters is 1. The molecule has 1 heterocycles. The molecule has 1 aromatic carbocycles. The summed E-state index contributed by atoms with van der Waals surface area (Å²) >= 11 is 0. The van der Waals surface area contributed by atoms with Crippen molar-refractivity contribution in [3.8, 4) is 0 Å². The third-order valence-corrected chi connectivity index (χ3v) is 2.94. The highest BCUT2D eigenvalue weighted by Gasteiger charge is 2.05. The molecule has 2 aromatic rings. The van der Waals surface area contributed by atoms with Crippen molar-refractivity contribution in [2.75, 3.05) is 7.11 Å². The first-order chi connectivity index (χ1) is 10.7. The number of hydrogen-bond donors (Lipinski definition) is 1. The van der Waals surface area contributed by atoms with E-state index in [-0.39, 0.29) is 5.91 Å². The summed E-state index contributed by atoms with van der Waals surface area (Å²) < 4.78 is 4.51. The van der Waals surface area contributed by atoms with Crippen LogP contribution in [0.25, 0.3) is 6.08 Å². The third kappa shape index (κ3) is 4.56. The Kier molecular flexibility index (Phi) is 5.43. The van der Waals surface area contributed by atoms with E-state index in [4.69, 9.17) is 0 Å². The molecule has 0 aliphatic rings. The van der Waals surface area contributed by atoms with Crippen molar-refractivity contribution in [2.45, 2.75) is 6.54 Å². The maximum atomic E-state index is 12.0. The van der Waals surface area contributed by atoms with Crippen LogP contribution >= 0.6 is 0 Å². The maximum Gasteiger partial charge on any atom is 0.330 e. The van der Waals surface area contributed by atoms with Crippen LogP contribution in [0.2, 0.25) is 0 Å². The molecule has 0 unspecified atom stereocenters.